The number of guanidine groups is 1. The molecule has 0 saturated carbocycles. The summed E-state index contributed by atoms with van der Waals surface area (Å²) in [4.78, 5) is 5.50. The minimum atomic E-state index is 0.673. The van der Waals surface area contributed by atoms with Crippen molar-refractivity contribution in [2.45, 2.75) is 12.8 Å². The van der Waals surface area contributed by atoms with Crippen molar-refractivity contribution in [1.82, 2.24) is 5.32 Å². The lowest BCUT2D eigenvalue weighted by Crippen LogP contribution is -2.32. The van der Waals surface area contributed by atoms with Crippen molar-refractivity contribution in [3.63, 3.8) is 0 Å². The number of fused-ring (bicyclic) bond motifs is 1. The number of nitrogens with zero attached hydrogens (tertiary/aromatic N) is 1. The van der Waals surface area contributed by atoms with Crippen molar-refractivity contribution >= 4 is 34.6 Å². The van der Waals surface area contributed by atoms with Crippen LogP contribution in [0.25, 0.3) is 0 Å². The van der Waals surface area contributed by atoms with Gasteiger partial charge >= 0.3 is 0 Å². The second-order valence-electron chi connectivity index (χ2n) is 5.29. The molecule has 2 N–H and O–H groups in total. The van der Waals surface area contributed by atoms with E-state index in [-0.39, 0.29) is 0 Å². The van der Waals surface area contributed by atoms with E-state index in [1.165, 1.54) is 4.88 Å². The number of hydrogen-bond donors (Lipinski definition) is 2. The molecule has 5 nitrogen and oxygen atoms in total. The van der Waals surface area contributed by atoms with Crippen LogP contribution in [0.3, 0.4) is 0 Å². The second-order valence-corrected chi connectivity index (χ2v) is 7.09. The van der Waals surface area contributed by atoms with E-state index in [9.17, 15) is 0 Å². The van der Waals surface area contributed by atoms with Gasteiger partial charge in [0.15, 0.2) is 17.5 Å². The summed E-state index contributed by atoms with van der Waals surface area (Å²) in [6, 6.07) is 9.79. The van der Waals surface area contributed by atoms with E-state index in [2.05, 4.69) is 21.7 Å². The first-order valence-electron chi connectivity index (χ1n) is 7.86. The molecular weight excluding hydrogens is 346 g/mol. The summed E-state index contributed by atoms with van der Waals surface area (Å²) in [6.07, 6.45) is 1.80. The third-order valence-corrected chi connectivity index (χ3v) is 4.82. The Labute approximate surface area is 150 Å². The first-order valence-corrected chi connectivity index (χ1v) is 9.05. The zero-order valence-corrected chi connectivity index (χ0v) is 15.0. The number of thiophene rings is 1. The van der Waals surface area contributed by atoms with E-state index in [0.29, 0.717) is 19.2 Å². The smallest absolute Gasteiger partial charge is 0.195 e. The van der Waals surface area contributed by atoms with E-state index in [0.717, 1.165) is 40.9 Å². The van der Waals surface area contributed by atoms with Crippen LogP contribution in [0.1, 0.15) is 11.3 Å². The second kappa shape index (κ2) is 8.26. The van der Waals surface area contributed by atoms with Crippen molar-refractivity contribution in [2.75, 3.05) is 32.1 Å². The Kier molecular flexibility index (Phi) is 5.82. The molecule has 2 heterocycles. The van der Waals surface area contributed by atoms with Gasteiger partial charge in [-0.2, -0.15) is 0 Å². The van der Waals surface area contributed by atoms with Crippen molar-refractivity contribution in [3.05, 3.63) is 39.5 Å². The lowest BCUT2D eigenvalue weighted by atomic mass is 10.2. The van der Waals surface area contributed by atoms with Gasteiger partial charge in [0, 0.05) is 36.6 Å². The molecule has 0 spiro atoms. The SMILES string of the molecule is CN=C(NCCc1ccc(Cl)s1)Nc1ccc2c(c1)OCCCO2. The highest BCUT2D eigenvalue weighted by molar-refractivity contribution is 7.16. The molecule has 0 amide bonds. The summed E-state index contributed by atoms with van der Waals surface area (Å²) in [7, 11) is 1.75. The van der Waals surface area contributed by atoms with E-state index in [1.54, 1.807) is 18.4 Å². The summed E-state index contributed by atoms with van der Waals surface area (Å²) >= 11 is 7.55. The maximum Gasteiger partial charge on any atom is 0.195 e. The number of benzene rings is 1. The fourth-order valence-electron chi connectivity index (χ4n) is 2.35. The standard InChI is InChI=1S/C17H20ClN3O2S/c1-19-17(20-8-7-13-4-6-16(18)24-13)21-12-3-5-14-15(11-12)23-10-2-9-22-14/h3-6,11H,2,7-10H2,1H3,(H2,19,20,21). The zero-order chi connectivity index (χ0) is 16.8. The van der Waals surface area contributed by atoms with Crippen LogP contribution in [0.5, 0.6) is 11.5 Å². The molecule has 0 saturated heterocycles. The third-order valence-electron chi connectivity index (χ3n) is 3.53. The number of halogens is 1. The molecule has 0 fully saturated rings. The third kappa shape index (κ3) is 4.55. The number of hydrogen-bond acceptors (Lipinski definition) is 4. The maximum atomic E-state index is 5.95. The number of nitrogens with one attached hydrogen (secondary N) is 2. The lowest BCUT2D eigenvalue weighted by Gasteiger charge is -2.13. The topological polar surface area (TPSA) is 54.9 Å². The van der Waals surface area contributed by atoms with Gasteiger partial charge < -0.3 is 20.1 Å². The molecule has 0 atom stereocenters. The largest absolute Gasteiger partial charge is 0.490 e. The maximum absolute atomic E-state index is 5.95. The molecule has 128 valence electrons. The summed E-state index contributed by atoms with van der Waals surface area (Å²) in [5.41, 5.74) is 0.909. The molecule has 0 unspecified atom stereocenters. The Morgan fingerprint density at radius 3 is 2.79 bits per heavy atom. The van der Waals surface area contributed by atoms with Gasteiger partial charge in [0.05, 0.1) is 17.6 Å². The van der Waals surface area contributed by atoms with Crippen molar-refractivity contribution in [2.24, 2.45) is 4.99 Å². The molecular formula is C17H20ClN3O2S. The predicted octanol–water partition coefficient (Wildman–Crippen LogP) is 3.79. The number of rotatable bonds is 4. The van der Waals surface area contributed by atoms with Gasteiger partial charge in [-0.25, -0.2) is 0 Å². The van der Waals surface area contributed by atoms with Gasteiger partial charge in [-0.05, 0) is 30.7 Å². The average Bonchev–Trinajstić information content (AvgIpc) is 2.86. The number of aliphatic imine (C=N–C) groups is 1. The first kappa shape index (κ1) is 16.9. The van der Waals surface area contributed by atoms with Gasteiger partial charge in [0.2, 0.25) is 0 Å². The van der Waals surface area contributed by atoms with Gasteiger partial charge in [-0.3, -0.25) is 4.99 Å². The summed E-state index contributed by atoms with van der Waals surface area (Å²) in [5.74, 6) is 2.27. The number of anilines is 1. The molecule has 0 aliphatic carbocycles. The average molecular weight is 366 g/mol. The van der Waals surface area contributed by atoms with Gasteiger partial charge in [0.25, 0.3) is 0 Å². The van der Waals surface area contributed by atoms with Crippen LogP contribution >= 0.6 is 22.9 Å². The van der Waals surface area contributed by atoms with E-state index in [4.69, 9.17) is 21.1 Å². The van der Waals surface area contributed by atoms with E-state index >= 15 is 0 Å². The van der Waals surface area contributed by atoms with Crippen LogP contribution in [-0.2, 0) is 6.42 Å². The molecule has 3 rings (SSSR count). The van der Waals surface area contributed by atoms with Gasteiger partial charge in [-0.15, -0.1) is 11.3 Å². The number of ether oxygens (including phenoxy) is 2. The fraction of sp³-hybridized carbons (Fsp3) is 0.353. The Bertz CT molecular complexity index is 718. The summed E-state index contributed by atoms with van der Waals surface area (Å²) in [5, 5.41) is 6.57. The highest BCUT2D eigenvalue weighted by Crippen LogP contribution is 2.32. The fourth-order valence-corrected chi connectivity index (χ4v) is 3.43. The Balaban J connectivity index is 1.56. The van der Waals surface area contributed by atoms with Crippen LogP contribution < -0.4 is 20.1 Å². The van der Waals surface area contributed by atoms with Crippen molar-refractivity contribution in [3.8, 4) is 11.5 Å². The molecule has 2 aromatic rings. The van der Waals surface area contributed by atoms with Crippen molar-refractivity contribution < 1.29 is 9.47 Å². The molecule has 1 aliphatic heterocycles. The monoisotopic (exact) mass is 365 g/mol. The summed E-state index contributed by atoms with van der Waals surface area (Å²) < 4.78 is 12.2. The van der Waals surface area contributed by atoms with Crippen LogP contribution in [0.4, 0.5) is 5.69 Å². The minimum Gasteiger partial charge on any atom is -0.490 e. The van der Waals surface area contributed by atoms with Crippen LogP contribution in [0, 0.1) is 0 Å². The van der Waals surface area contributed by atoms with Gasteiger partial charge in [0.1, 0.15) is 0 Å². The molecule has 7 heteroatoms. The molecule has 0 bridgehead atoms. The Morgan fingerprint density at radius 2 is 2.04 bits per heavy atom. The van der Waals surface area contributed by atoms with E-state index in [1.807, 2.05) is 24.3 Å². The van der Waals surface area contributed by atoms with Crippen molar-refractivity contribution in [1.29, 1.82) is 0 Å². The lowest BCUT2D eigenvalue weighted by molar-refractivity contribution is 0.297. The Morgan fingerprint density at radius 1 is 1.21 bits per heavy atom. The Hall–Kier alpha value is -1.92. The predicted molar refractivity (Wildman–Crippen MR) is 100 cm³/mol. The van der Waals surface area contributed by atoms with Gasteiger partial charge in [-0.1, -0.05) is 11.6 Å². The quantitative estimate of drug-likeness (QED) is 0.639. The molecule has 0 radical (unpaired) electrons. The highest BCUT2D eigenvalue weighted by atomic mass is 35.5. The highest BCUT2D eigenvalue weighted by Gasteiger charge is 2.11. The van der Waals surface area contributed by atoms with Crippen LogP contribution in [0.2, 0.25) is 4.34 Å². The normalized spacial score (nSPS) is 14.2. The minimum absolute atomic E-state index is 0.673. The molecule has 24 heavy (non-hydrogen) atoms. The van der Waals surface area contributed by atoms with E-state index < -0.39 is 0 Å². The zero-order valence-electron chi connectivity index (χ0n) is 13.5. The van der Waals surface area contributed by atoms with Crippen LogP contribution in [-0.4, -0.2) is 32.8 Å². The molecule has 1 aromatic carbocycles. The van der Waals surface area contributed by atoms with Crippen LogP contribution in [0.15, 0.2) is 35.3 Å². The summed E-state index contributed by atoms with van der Waals surface area (Å²) in [6.45, 7) is 2.14. The molecule has 1 aromatic heterocycles. The first-order chi connectivity index (χ1) is 11.7. The molecule has 1 aliphatic rings.